The fraction of sp³-hybridized carbons (Fsp3) is 0.133. The van der Waals surface area contributed by atoms with Gasteiger partial charge in [-0.05, 0) is 46.6 Å². The first kappa shape index (κ1) is 13.9. The number of hydrogen-bond acceptors (Lipinski definition) is 1. The normalized spacial score (nSPS) is 11.2. The molecule has 0 aliphatic heterocycles. The molecule has 0 spiro atoms. The number of imidazole rings is 1. The van der Waals surface area contributed by atoms with Crippen LogP contribution in [0.4, 0.5) is 0 Å². The number of alkyl halides is 1. The lowest BCUT2D eigenvalue weighted by Gasteiger charge is -2.11. The highest BCUT2D eigenvalue weighted by Crippen LogP contribution is 2.33. The van der Waals surface area contributed by atoms with Crippen LogP contribution in [0, 0.1) is 6.92 Å². The molecule has 1 aromatic heterocycles. The van der Waals surface area contributed by atoms with E-state index in [0.717, 1.165) is 32.6 Å². The first-order valence-corrected chi connectivity index (χ1v) is 7.81. The highest BCUT2D eigenvalue weighted by molar-refractivity contribution is 9.10. The summed E-state index contributed by atoms with van der Waals surface area (Å²) in [4.78, 5) is 4.64. The van der Waals surface area contributed by atoms with Gasteiger partial charge in [-0.25, -0.2) is 4.98 Å². The molecule has 0 saturated carbocycles. The van der Waals surface area contributed by atoms with E-state index in [1.807, 2.05) is 47.9 Å². The number of aromatic nitrogens is 2. The molecule has 2 aromatic carbocycles. The van der Waals surface area contributed by atoms with Gasteiger partial charge >= 0.3 is 0 Å². The second-order valence-electron chi connectivity index (χ2n) is 4.51. The molecular formula is C15H11BrCl2N2. The van der Waals surface area contributed by atoms with Crippen LogP contribution in [0.15, 0.2) is 40.9 Å². The minimum absolute atomic E-state index is 0.340. The maximum atomic E-state index is 6.20. The molecule has 3 aromatic rings. The predicted molar refractivity (Wildman–Crippen MR) is 88.1 cm³/mol. The standard InChI is InChI=1S/C15H11BrCl2N2/c1-9-4-2-7-12-15(9)19-13(8-17)20(12)11-6-3-5-10(18)14(11)16/h2-7H,8H2,1H3. The molecule has 20 heavy (non-hydrogen) atoms. The van der Waals surface area contributed by atoms with Crippen molar-refractivity contribution >= 4 is 50.2 Å². The average Bonchev–Trinajstić information content (AvgIpc) is 2.82. The van der Waals surface area contributed by atoms with Gasteiger partial charge < -0.3 is 0 Å². The van der Waals surface area contributed by atoms with E-state index in [0.29, 0.717) is 10.9 Å². The van der Waals surface area contributed by atoms with Crippen molar-refractivity contribution in [1.29, 1.82) is 0 Å². The van der Waals surface area contributed by atoms with Crippen molar-refractivity contribution in [3.63, 3.8) is 0 Å². The molecule has 0 aliphatic carbocycles. The van der Waals surface area contributed by atoms with Crippen molar-refractivity contribution in [2.24, 2.45) is 0 Å². The Hall–Kier alpha value is -1.03. The maximum absolute atomic E-state index is 6.20. The molecule has 0 fully saturated rings. The Labute approximate surface area is 135 Å². The Morgan fingerprint density at radius 2 is 1.95 bits per heavy atom. The van der Waals surface area contributed by atoms with E-state index < -0.39 is 0 Å². The molecular weight excluding hydrogens is 359 g/mol. The van der Waals surface area contributed by atoms with Gasteiger partial charge in [0.05, 0.1) is 32.1 Å². The van der Waals surface area contributed by atoms with Crippen LogP contribution in [0.1, 0.15) is 11.4 Å². The fourth-order valence-electron chi connectivity index (χ4n) is 2.31. The third kappa shape index (κ3) is 2.14. The Bertz CT molecular complexity index is 796. The first-order valence-electron chi connectivity index (χ1n) is 6.10. The molecule has 0 aliphatic rings. The molecule has 0 saturated heterocycles. The van der Waals surface area contributed by atoms with Crippen LogP contribution in [0.3, 0.4) is 0 Å². The summed E-state index contributed by atoms with van der Waals surface area (Å²) in [6.45, 7) is 2.05. The van der Waals surface area contributed by atoms with E-state index in [-0.39, 0.29) is 0 Å². The van der Waals surface area contributed by atoms with Crippen LogP contribution in [-0.2, 0) is 5.88 Å². The lowest BCUT2D eigenvalue weighted by atomic mass is 10.2. The van der Waals surface area contributed by atoms with Gasteiger partial charge in [-0.1, -0.05) is 29.8 Å². The highest BCUT2D eigenvalue weighted by atomic mass is 79.9. The number of nitrogens with zero attached hydrogens (tertiary/aromatic N) is 2. The number of para-hydroxylation sites is 1. The Kier molecular flexibility index (Phi) is 3.76. The predicted octanol–water partition coefficient (Wildman–Crippen LogP) is 5.49. The van der Waals surface area contributed by atoms with Gasteiger partial charge in [-0.3, -0.25) is 4.57 Å². The SMILES string of the molecule is Cc1cccc2c1nc(CCl)n2-c1cccc(Cl)c1Br. The number of aryl methyl sites for hydroxylation is 1. The summed E-state index contributed by atoms with van der Waals surface area (Å²) in [6.07, 6.45) is 0. The monoisotopic (exact) mass is 368 g/mol. The third-order valence-electron chi connectivity index (χ3n) is 3.25. The second-order valence-corrected chi connectivity index (χ2v) is 5.98. The second kappa shape index (κ2) is 5.40. The lowest BCUT2D eigenvalue weighted by molar-refractivity contribution is 0.977. The fourth-order valence-corrected chi connectivity index (χ4v) is 3.10. The van der Waals surface area contributed by atoms with Crippen molar-refractivity contribution in [2.75, 3.05) is 0 Å². The van der Waals surface area contributed by atoms with Gasteiger partial charge in [-0.15, -0.1) is 11.6 Å². The quantitative estimate of drug-likeness (QED) is 0.546. The number of benzene rings is 2. The number of halogens is 3. The van der Waals surface area contributed by atoms with Crippen molar-refractivity contribution in [1.82, 2.24) is 9.55 Å². The first-order chi connectivity index (χ1) is 9.63. The zero-order chi connectivity index (χ0) is 14.3. The molecule has 0 N–H and O–H groups in total. The van der Waals surface area contributed by atoms with Crippen LogP contribution in [0.2, 0.25) is 5.02 Å². The van der Waals surface area contributed by atoms with E-state index in [2.05, 4.69) is 20.9 Å². The molecule has 0 unspecified atom stereocenters. The summed E-state index contributed by atoms with van der Waals surface area (Å²) < 4.78 is 2.89. The van der Waals surface area contributed by atoms with Gasteiger partial charge in [0, 0.05) is 0 Å². The molecule has 5 heteroatoms. The van der Waals surface area contributed by atoms with E-state index in [1.165, 1.54) is 0 Å². The summed E-state index contributed by atoms with van der Waals surface area (Å²) >= 11 is 15.8. The summed E-state index contributed by atoms with van der Waals surface area (Å²) in [6, 6.07) is 11.9. The Morgan fingerprint density at radius 1 is 1.20 bits per heavy atom. The van der Waals surface area contributed by atoms with E-state index in [9.17, 15) is 0 Å². The van der Waals surface area contributed by atoms with Gasteiger partial charge in [0.2, 0.25) is 0 Å². The molecule has 1 heterocycles. The third-order valence-corrected chi connectivity index (χ3v) is 4.86. The molecule has 0 amide bonds. The molecule has 2 nitrogen and oxygen atoms in total. The van der Waals surface area contributed by atoms with Gasteiger partial charge in [-0.2, -0.15) is 0 Å². The molecule has 3 rings (SSSR count). The summed E-state index contributed by atoms with van der Waals surface area (Å²) in [5.41, 5.74) is 4.07. The molecule has 0 atom stereocenters. The lowest BCUT2D eigenvalue weighted by Crippen LogP contribution is -2.00. The number of rotatable bonds is 2. The Balaban J connectivity index is 2.41. The van der Waals surface area contributed by atoms with E-state index in [1.54, 1.807) is 0 Å². The molecule has 102 valence electrons. The summed E-state index contributed by atoms with van der Waals surface area (Å²) in [5.74, 6) is 1.14. The maximum Gasteiger partial charge on any atom is 0.129 e. The minimum Gasteiger partial charge on any atom is -0.294 e. The van der Waals surface area contributed by atoms with Gasteiger partial charge in [0.1, 0.15) is 5.82 Å². The summed E-state index contributed by atoms with van der Waals surface area (Å²) in [5, 5.41) is 0.664. The summed E-state index contributed by atoms with van der Waals surface area (Å²) in [7, 11) is 0. The highest BCUT2D eigenvalue weighted by Gasteiger charge is 2.15. The van der Waals surface area contributed by atoms with E-state index >= 15 is 0 Å². The van der Waals surface area contributed by atoms with Crippen molar-refractivity contribution in [3.05, 3.63) is 57.3 Å². The zero-order valence-corrected chi connectivity index (χ0v) is 13.8. The van der Waals surface area contributed by atoms with Crippen LogP contribution < -0.4 is 0 Å². The smallest absolute Gasteiger partial charge is 0.129 e. The van der Waals surface area contributed by atoms with E-state index in [4.69, 9.17) is 23.2 Å². The van der Waals surface area contributed by atoms with Gasteiger partial charge in [0.15, 0.2) is 0 Å². The van der Waals surface area contributed by atoms with Crippen molar-refractivity contribution in [3.8, 4) is 5.69 Å². The molecule has 0 bridgehead atoms. The van der Waals surface area contributed by atoms with Crippen LogP contribution >= 0.6 is 39.1 Å². The van der Waals surface area contributed by atoms with Crippen molar-refractivity contribution in [2.45, 2.75) is 12.8 Å². The van der Waals surface area contributed by atoms with Crippen LogP contribution in [0.5, 0.6) is 0 Å². The van der Waals surface area contributed by atoms with Crippen LogP contribution in [0.25, 0.3) is 16.7 Å². The topological polar surface area (TPSA) is 17.8 Å². The number of hydrogen-bond donors (Lipinski definition) is 0. The Morgan fingerprint density at radius 3 is 2.70 bits per heavy atom. The van der Waals surface area contributed by atoms with Crippen LogP contribution in [-0.4, -0.2) is 9.55 Å². The zero-order valence-electron chi connectivity index (χ0n) is 10.7. The molecule has 0 radical (unpaired) electrons. The largest absolute Gasteiger partial charge is 0.294 e. The minimum atomic E-state index is 0.340. The number of fused-ring (bicyclic) bond motifs is 1. The average molecular weight is 370 g/mol. The van der Waals surface area contributed by atoms with Crippen molar-refractivity contribution < 1.29 is 0 Å². The van der Waals surface area contributed by atoms with Gasteiger partial charge in [0.25, 0.3) is 0 Å².